The number of aromatic carboxylic acids is 1. The van der Waals surface area contributed by atoms with E-state index in [0.29, 0.717) is 11.1 Å². The summed E-state index contributed by atoms with van der Waals surface area (Å²) in [5.41, 5.74) is 1.79. The molecule has 2 nitrogen and oxygen atoms in total. The Balaban J connectivity index is 2.52. The minimum absolute atomic E-state index is 0.00735. The highest BCUT2D eigenvalue weighted by molar-refractivity contribution is 6.33. The van der Waals surface area contributed by atoms with Gasteiger partial charge in [-0.05, 0) is 36.2 Å². The summed E-state index contributed by atoms with van der Waals surface area (Å²) in [6.07, 6.45) is 0. The van der Waals surface area contributed by atoms with Crippen LogP contribution in [0.5, 0.6) is 0 Å². The van der Waals surface area contributed by atoms with Gasteiger partial charge in [0.2, 0.25) is 0 Å². The molecule has 0 heterocycles. The van der Waals surface area contributed by atoms with E-state index in [2.05, 4.69) is 0 Å². The normalized spacial score (nSPS) is 10.4. The van der Waals surface area contributed by atoms with Crippen LogP contribution in [0.1, 0.15) is 15.9 Å². The molecule has 1 N–H and O–H groups in total. The van der Waals surface area contributed by atoms with Gasteiger partial charge in [0.15, 0.2) is 0 Å². The second-order valence-corrected chi connectivity index (χ2v) is 4.39. The van der Waals surface area contributed by atoms with Crippen molar-refractivity contribution in [3.05, 3.63) is 58.4 Å². The summed E-state index contributed by atoms with van der Waals surface area (Å²) < 4.78 is 13.8. The van der Waals surface area contributed by atoms with Crippen LogP contribution in [-0.2, 0) is 0 Å². The van der Waals surface area contributed by atoms with Gasteiger partial charge in [-0.2, -0.15) is 0 Å². The molecule has 0 aliphatic heterocycles. The Morgan fingerprint density at radius 1 is 1.22 bits per heavy atom. The zero-order chi connectivity index (χ0) is 13.3. The molecule has 2 rings (SSSR count). The summed E-state index contributed by atoms with van der Waals surface area (Å²) in [6, 6.07) is 9.24. The van der Waals surface area contributed by atoms with Crippen molar-refractivity contribution >= 4 is 17.6 Å². The van der Waals surface area contributed by atoms with E-state index in [1.807, 2.05) is 0 Å². The third-order valence-corrected chi connectivity index (χ3v) is 2.95. The molecule has 0 saturated heterocycles. The van der Waals surface area contributed by atoms with Gasteiger partial charge in [-0.3, -0.25) is 0 Å². The van der Waals surface area contributed by atoms with E-state index in [1.165, 1.54) is 18.2 Å². The Morgan fingerprint density at radius 2 is 1.94 bits per heavy atom. The fourth-order valence-electron chi connectivity index (χ4n) is 1.71. The first-order chi connectivity index (χ1) is 8.49. The monoisotopic (exact) mass is 264 g/mol. The molecule has 92 valence electrons. The molecule has 2 aromatic carbocycles. The van der Waals surface area contributed by atoms with Crippen molar-refractivity contribution in [1.82, 2.24) is 0 Å². The number of hydrogen-bond donors (Lipinski definition) is 1. The van der Waals surface area contributed by atoms with Crippen molar-refractivity contribution in [1.29, 1.82) is 0 Å². The van der Waals surface area contributed by atoms with Crippen molar-refractivity contribution in [2.24, 2.45) is 0 Å². The standard InChI is InChI=1S/C14H10ClFO2/c1-8-2-4-10(13(16)6-8)9-3-5-11(14(17)18)12(15)7-9/h2-7H,1H3,(H,17,18). The molecule has 0 aliphatic carbocycles. The molecular weight excluding hydrogens is 255 g/mol. The predicted molar refractivity (Wildman–Crippen MR) is 68.5 cm³/mol. The highest BCUT2D eigenvalue weighted by Gasteiger charge is 2.11. The quantitative estimate of drug-likeness (QED) is 0.885. The summed E-state index contributed by atoms with van der Waals surface area (Å²) in [6.45, 7) is 1.80. The lowest BCUT2D eigenvalue weighted by Gasteiger charge is -2.06. The Hall–Kier alpha value is -1.87. The van der Waals surface area contributed by atoms with Crippen LogP contribution < -0.4 is 0 Å². The van der Waals surface area contributed by atoms with E-state index in [1.54, 1.807) is 25.1 Å². The molecule has 0 aromatic heterocycles. The van der Waals surface area contributed by atoms with Crippen molar-refractivity contribution in [2.45, 2.75) is 6.92 Å². The number of halogens is 2. The molecule has 0 spiro atoms. The molecule has 0 unspecified atom stereocenters. The molecule has 0 atom stereocenters. The first-order valence-corrected chi connectivity index (χ1v) is 5.66. The number of carboxylic acid groups (broad SMARTS) is 1. The lowest BCUT2D eigenvalue weighted by Crippen LogP contribution is -1.97. The summed E-state index contributed by atoms with van der Waals surface area (Å²) >= 11 is 5.85. The summed E-state index contributed by atoms with van der Waals surface area (Å²) in [5, 5.41) is 8.96. The number of carbonyl (C=O) groups is 1. The summed E-state index contributed by atoms with van der Waals surface area (Å²) in [5.74, 6) is -1.45. The van der Waals surface area contributed by atoms with Crippen LogP contribution in [0.4, 0.5) is 4.39 Å². The zero-order valence-electron chi connectivity index (χ0n) is 9.58. The van der Waals surface area contributed by atoms with Crippen molar-refractivity contribution in [2.75, 3.05) is 0 Å². The predicted octanol–water partition coefficient (Wildman–Crippen LogP) is 4.15. The highest BCUT2D eigenvalue weighted by Crippen LogP contribution is 2.28. The van der Waals surface area contributed by atoms with Gasteiger partial charge < -0.3 is 5.11 Å². The van der Waals surface area contributed by atoms with Gasteiger partial charge in [0.05, 0.1) is 10.6 Å². The van der Waals surface area contributed by atoms with Gasteiger partial charge in [0.1, 0.15) is 5.82 Å². The molecule has 0 saturated carbocycles. The molecule has 0 radical (unpaired) electrons. The lowest BCUT2D eigenvalue weighted by atomic mass is 10.0. The largest absolute Gasteiger partial charge is 0.478 e. The van der Waals surface area contributed by atoms with E-state index in [4.69, 9.17) is 16.7 Å². The van der Waals surface area contributed by atoms with Crippen molar-refractivity contribution in [3.8, 4) is 11.1 Å². The van der Waals surface area contributed by atoms with Crippen LogP contribution in [0.25, 0.3) is 11.1 Å². The SMILES string of the molecule is Cc1ccc(-c2ccc(C(=O)O)c(Cl)c2)c(F)c1. The minimum Gasteiger partial charge on any atom is -0.478 e. The topological polar surface area (TPSA) is 37.3 Å². The number of hydrogen-bond acceptors (Lipinski definition) is 1. The molecule has 4 heteroatoms. The maximum absolute atomic E-state index is 13.8. The Morgan fingerprint density at radius 3 is 2.50 bits per heavy atom. The highest BCUT2D eigenvalue weighted by atomic mass is 35.5. The van der Waals surface area contributed by atoms with Gasteiger partial charge in [0, 0.05) is 5.56 Å². The summed E-state index contributed by atoms with van der Waals surface area (Å²) in [4.78, 5) is 10.8. The maximum Gasteiger partial charge on any atom is 0.337 e. The fourth-order valence-corrected chi connectivity index (χ4v) is 1.97. The Kier molecular flexibility index (Phi) is 3.34. The first kappa shape index (κ1) is 12.6. The van der Waals surface area contributed by atoms with Gasteiger partial charge >= 0.3 is 5.97 Å². The maximum atomic E-state index is 13.8. The average molecular weight is 265 g/mol. The van der Waals surface area contributed by atoms with Crippen molar-refractivity contribution < 1.29 is 14.3 Å². The second kappa shape index (κ2) is 4.78. The second-order valence-electron chi connectivity index (χ2n) is 3.98. The van der Waals surface area contributed by atoms with Crippen LogP contribution in [0, 0.1) is 12.7 Å². The Labute approximate surface area is 109 Å². The van der Waals surface area contributed by atoms with E-state index in [0.717, 1.165) is 5.56 Å². The van der Waals surface area contributed by atoms with Gasteiger partial charge in [-0.15, -0.1) is 0 Å². The number of benzene rings is 2. The molecular formula is C14H10ClFO2. The van der Waals surface area contributed by atoms with Crippen LogP contribution in [0.15, 0.2) is 36.4 Å². The van der Waals surface area contributed by atoms with Gasteiger partial charge in [0.25, 0.3) is 0 Å². The fraction of sp³-hybridized carbons (Fsp3) is 0.0714. The third-order valence-electron chi connectivity index (χ3n) is 2.64. The molecule has 18 heavy (non-hydrogen) atoms. The molecule has 0 amide bonds. The number of carboxylic acids is 1. The van der Waals surface area contributed by atoms with E-state index >= 15 is 0 Å². The summed E-state index contributed by atoms with van der Waals surface area (Å²) in [7, 11) is 0. The molecule has 2 aromatic rings. The van der Waals surface area contributed by atoms with Crippen LogP contribution in [0.3, 0.4) is 0 Å². The first-order valence-electron chi connectivity index (χ1n) is 5.28. The number of aryl methyl sites for hydroxylation is 1. The van der Waals surface area contributed by atoms with E-state index in [9.17, 15) is 9.18 Å². The van der Waals surface area contributed by atoms with E-state index in [-0.39, 0.29) is 16.4 Å². The average Bonchev–Trinajstić information content (AvgIpc) is 2.28. The van der Waals surface area contributed by atoms with E-state index < -0.39 is 5.97 Å². The Bertz CT molecular complexity index is 623. The molecule has 0 aliphatic rings. The molecule has 0 fully saturated rings. The minimum atomic E-state index is -1.10. The lowest BCUT2D eigenvalue weighted by molar-refractivity contribution is 0.0697. The van der Waals surface area contributed by atoms with Crippen LogP contribution in [-0.4, -0.2) is 11.1 Å². The third kappa shape index (κ3) is 2.36. The zero-order valence-corrected chi connectivity index (χ0v) is 10.3. The number of rotatable bonds is 2. The van der Waals surface area contributed by atoms with Crippen LogP contribution >= 0.6 is 11.6 Å². The smallest absolute Gasteiger partial charge is 0.337 e. The van der Waals surface area contributed by atoms with Crippen LogP contribution in [0.2, 0.25) is 5.02 Å². The van der Waals surface area contributed by atoms with Crippen molar-refractivity contribution in [3.63, 3.8) is 0 Å². The van der Waals surface area contributed by atoms with Gasteiger partial charge in [-0.25, -0.2) is 9.18 Å². The van der Waals surface area contributed by atoms with Gasteiger partial charge in [-0.1, -0.05) is 29.8 Å². The molecule has 0 bridgehead atoms.